The number of aromatic nitrogens is 2. The molecule has 2 N–H and O–H groups in total. The highest BCUT2D eigenvalue weighted by Crippen LogP contribution is 2.21. The average molecular weight is 366 g/mol. The van der Waals surface area contributed by atoms with Crippen LogP contribution in [0.5, 0.6) is 0 Å². The van der Waals surface area contributed by atoms with E-state index < -0.39 is 0 Å². The number of hydrogen-bond acceptors (Lipinski definition) is 5. The van der Waals surface area contributed by atoms with Gasteiger partial charge in [0.15, 0.2) is 5.16 Å². The zero-order chi connectivity index (χ0) is 17.9. The Morgan fingerprint density at radius 2 is 1.85 bits per heavy atom. The van der Waals surface area contributed by atoms with Crippen LogP contribution >= 0.6 is 11.8 Å². The third-order valence-corrected chi connectivity index (χ3v) is 4.97. The van der Waals surface area contributed by atoms with Crippen LogP contribution in [0.25, 0.3) is 10.9 Å². The maximum absolute atomic E-state index is 12.9. The molecule has 1 saturated carbocycles. The van der Waals surface area contributed by atoms with Gasteiger partial charge in [-0.25, -0.2) is 4.98 Å². The molecule has 0 spiro atoms. The first-order valence-electron chi connectivity index (χ1n) is 8.47. The molecule has 132 valence electrons. The van der Waals surface area contributed by atoms with Crippen molar-refractivity contribution < 1.29 is 4.79 Å². The molecule has 4 rings (SSSR count). The number of rotatable bonds is 6. The van der Waals surface area contributed by atoms with Gasteiger partial charge in [0.05, 0.1) is 22.3 Å². The maximum atomic E-state index is 12.9. The first-order chi connectivity index (χ1) is 12.7. The third-order valence-electron chi connectivity index (χ3n) is 4.03. The normalized spacial score (nSPS) is 13.5. The van der Waals surface area contributed by atoms with Crippen molar-refractivity contribution in [1.29, 1.82) is 0 Å². The van der Waals surface area contributed by atoms with E-state index in [1.54, 1.807) is 12.1 Å². The van der Waals surface area contributed by atoms with Gasteiger partial charge in [-0.1, -0.05) is 42.1 Å². The minimum atomic E-state index is -0.190. The summed E-state index contributed by atoms with van der Waals surface area (Å²) < 4.78 is 1.41. The van der Waals surface area contributed by atoms with Crippen LogP contribution in [0.1, 0.15) is 12.8 Å². The van der Waals surface area contributed by atoms with E-state index in [1.807, 2.05) is 42.5 Å². The SMILES string of the molecule is O=C(CSc1nc2ccccc2c(=O)n1Nc1ccccc1)NC1CC1. The zero-order valence-corrected chi connectivity index (χ0v) is 14.8. The highest BCUT2D eigenvalue weighted by Gasteiger charge is 2.23. The number of benzene rings is 2. The van der Waals surface area contributed by atoms with Crippen molar-refractivity contribution in [2.75, 3.05) is 11.2 Å². The molecule has 2 aromatic carbocycles. The molecular weight excluding hydrogens is 348 g/mol. The third kappa shape index (κ3) is 3.72. The number of nitrogens with zero attached hydrogens (tertiary/aromatic N) is 2. The Labute approximate surface area is 154 Å². The van der Waals surface area contributed by atoms with Gasteiger partial charge in [0, 0.05) is 6.04 Å². The van der Waals surface area contributed by atoms with Gasteiger partial charge in [-0.3, -0.25) is 15.0 Å². The summed E-state index contributed by atoms with van der Waals surface area (Å²) in [7, 11) is 0. The van der Waals surface area contributed by atoms with E-state index in [-0.39, 0.29) is 17.2 Å². The summed E-state index contributed by atoms with van der Waals surface area (Å²) in [4.78, 5) is 29.5. The van der Waals surface area contributed by atoms with Crippen LogP contribution in [0, 0.1) is 0 Å². The molecule has 26 heavy (non-hydrogen) atoms. The lowest BCUT2D eigenvalue weighted by Gasteiger charge is -2.14. The monoisotopic (exact) mass is 366 g/mol. The standard InChI is InChI=1S/C19H18N4O2S/c24-17(20-13-10-11-13)12-26-19-21-16-9-5-4-8-15(16)18(25)23(19)22-14-6-2-1-3-7-14/h1-9,13,22H,10-12H2,(H,20,24). The molecule has 0 unspecified atom stereocenters. The van der Waals surface area contributed by atoms with Crippen molar-refractivity contribution in [2.24, 2.45) is 0 Å². The van der Waals surface area contributed by atoms with Crippen LogP contribution in [0.2, 0.25) is 0 Å². The summed E-state index contributed by atoms with van der Waals surface area (Å²) in [6.45, 7) is 0. The zero-order valence-electron chi connectivity index (χ0n) is 14.0. The summed E-state index contributed by atoms with van der Waals surface area (Å²) in [5.74, 6) is 0.184. The number of carbonyl (C=O) groups excluding carboxylic acids is 1. The number of nitrogens with one attached hydrogen (secondary N) is 2. The predicted octanol–water partition coefficient (Wildman–Crippen LogP) is 2.64. The number of fused-ring (bicyclic) bond motifs is 1. The lowest BCUT2D eigenvalue weighted by molar-refractivity contribution is -0.118. The molecule has 1 amide bonds. The smallest absolute Gasteiger partial charge is 0.280 e. The highest BCUT2D eigenvalue weighted by molar-refractivity contribution is 7.99. The van der Waals surface area contributed by atoms with Gasteiger partial charge < -0.3 is 5.32 Å². The molecule has 1 aliphatic rings. The second-order valence-corrected chi connectivity index (χ2v) is 7.10. The highest BCUT2D eigenvalue weighted by atomic mass is 32.2. The van der Waals surface area contributed by atoms with E-state index in [2.05, 4.69) is 15.7 Å². The number of thioether (sulfide) groups is 1. The van der Waals surface area contributed by atoms with Gasteiger partial charge in [-0.2, -0.15) is 4.68 Å². The Morgan fingerprint density at radius 3 is 2.62 bits per heavy atom. The summed E-state index contributed by atoms with van der Waals surface area (Å²) in [5, 5.41) is 3.94. The van der Waals surface area contributed by atoms with Crippen LogP contribution in [-0.2, 0) is 4.79 Å². The minimum absolute atomic E-state index is 0.0360. The maximum Gasteiger partial charge on any atom is 0.280 e. The molecule has 1 aromatic heterocycles. The fraction of sp³-hybridized carbons (Fsp3) is 0.211. The van der Waals surface area contributed by atoms with Gasteiger partial charge in [0.2, 0.25) is 5.91 Å². The number of carbonyl (C=O) groups is 1. The number of amides is 1. The van der Waals surface area contributed by atoms with Crippen LogP contribution in [0.4, 0.5) is 5.69 Å². The molecule has 0 atom stereocenters. The van der Waals surface area contributed by atoms with Gasteiger partial charge in [-0.05, 0) is 37.1 Å². The van der Waals surface area contributed by atoms with E-state index in [0.717, 1.165) is 18.5 Å². The quantitative estimate of drug-likeness (QED) is 0.518. The van der Waals surface area contributed by atoms with Crippen molar-refractivity contribution in [2.45, 2.75) is 24.0 Å². The van der Waals surface area contributed by atoms with E-state index in [1.165, 1.54) is 16.4 Å². The summed E-state index contributed by atoms with van der Waals surface area (Å²) >= 11 is 1.25. The first-order valence-corrected chi connectivity index (χ1v) is 9.45. The Bertz CT molecular complexity index is 999. The number of hydrogen-bond donors (Lipinski definition) is 2. The Kier molecular flexibility index (Phi) is 4.62. The van der Waals surface area contributed by atoms with Crippen LogP contribution in [-0.4, -0.2) is 27.4 Å². The molecule has 0 bridgehead atoms. The lowest BCUT2D eigenvalue weighted by atomic mass is 10.2. The van der Waals surface area contributed by atoms with Crippen LogP contribution in [0.3, 0.4) is 0 Å². The van der Waals surface area contributed by atoms with Crippen molar-refractivity contribution in [1.82, 2.24) is 15.0 Å². The van der Waals surface area contributed by atoms with Crippen molar-refractivity contribution in [3.05, 3.63) is 65.0 Å². The van der Waals surface area contributed by atoms with Crippen LogP contribution < -0.4 is 16.3 Å². The molecule has 1 fully saturated rings. The molecule has 7 heteroatoms. The average Bonchev–Trinajstić information content (AvgIpc) is 3.47. The largest absolute Gasteiger partial charge is 0.353 e. The van der Waals surface area contributed by atoms with Gasteiger partial charge in [0.1, 0.15) is 0 Å². The van der Waals surface area contributed by atoms with Gasteiger partial charge >= 0.3 is 0 Å². The predicted molar refractivity (Wildman–Crippen MR) is 103 cm³/mol. The van der Waals surface area contributed by atoms with Crippen LogP contribution in [0.15, 0.2) is 64.5 Å². The molecular formula is C19H18N4O2S. The second-order valence-electron chi connectivity index (χ2n) is 6.16. The second kappa shape index (κ2) is 7.21. The molecule has 6 nitrogen and oxygen atoms in total. The minimum Gasteiger partial charge on any atom is -0.353 e. The summed E-state index contributed by atoms with van der Waals surface area (Å²) in [6.07, 6.45) is 2.09. The molecule has 1 aliphatic carbocycles. The number of anilines is 1. The molecule has 1 heterocycles. The van der Waals surface area contributed by atoms with E-state index in [9.17, 15) is 9.59 Å². The Balaban J connectivity index is 1.67. The van der Waals surface area contributed by atoms with E-state index >= 15 is 0 Å². The van der Waals surface area contributed by atoms with Gasteiger partial charge in [0.25, 0.3) is 5.56 Å². The fourth-order valence-electron chi connectivity index (χ4n) is 2.58. The van der Waals surface area contributed by atoms with E-state index in [4.69, 9.17) is 0 Å². The first kappa shape index (κ1) is 16.7. The Hall–Kier alpha value is -2.80. The topological polar surface area (TPSA) is 76.0 Å². The molecule has 0 aliphatic heterocycles. The fourth-order valence-corrected chi connectivity index (χ4v) is 3.34. The lowest BCUT2D eigenvalue weighted by Crippen LogP contribution is -2.30. The van der Waals surface area contributed by atoms with Crippen molar-refractivity contribution in [3.8, 4) is 0 Å². The molecule has 0 saturated heterocycles. The number of para-hydroxylation sites is 2. The van der Waals surface area contributed by atoms with Crippen molar-refractivity contribution in [3.63, 3.8) is 0 Å². The molecule has 3 aromatic rings. The molecule has 0 radical (unpaired) electrons. The van der Waals surface area contributed by atoms with Gasteiger partial charge in [-0.15, -0.1) is 0 Å². The van der Waals surface area contributed by atoms with Crippen molar-refractivity contribution >= 4 is 34.3 Å². The summed E-state index contributed by atoms with van der Waals surface area (Å²) in [5.41, 5.74) is 4.30. The summed E-state index contributed by atoms with van der Waals surface area (Å²) in [6, 6.07) is 17.0. The Morgan fingerprint density at radius 1 is 1.12 bits per heavy atom. The van der Waals surface area contributed by atoms with E-state index in [0.29, 0.717) is 22.1 Å².